The summed E-state index contributed by atoms with van der Waals surface area (Å²) in [5.41, 5.74) is 1.19. The van der Waals surface area contributed by atoms with Crippen LogP contribution in [0.4, 0.5) is 4.39 Å². The Bertz CT molecular complexity index is 1020. The van der Waals surface area contributed by atoms with E-state index >= 15 is 0 Å². The van der Waals surface area contributed by atoms with Gasteiger partial charge in [0.1, 0.15) is 5.82 Å². The van der Waals surface area contributed by atoms with Crippen molar-refractivity contribution in [1.29, 1.82) is 0 Å². The van der Waals surface area contributed by atoms with E-state index in [1.54, 1.807) is 12.1 Å². The summed E-state index contributed by atoms with van der Waals surface area (Å²) in [7, 11) is 2.73. The fourth-order valence-corrected chi connectivity index (χ4v) is 3.22. The first-order chi connectivity index (χ1) is 13.9. The predicted octanol–water partition coefficient (Wildman–Crippen LogP) is 3.34. The van der Waals surface area contributed by atoms with Gasteiger partial charge in [0, 0.05) is 5.56 Å². The van der Waals surface area contributed by atoms with Crippen LogP contribution in [0.1, 0.15) is 11.1 Å². The van der Waals surface area contributed by atoms with Crippen LogP contribution in [0, 0.1) is 9.39 Å². The van der Waals surface area contributed by atoms with Gasteiger partial charge in [0.15, 0.2) is 23.8 Å². The van der Waals surface area contributed by atoms with Crippen LogP contribution in [0.2, 0.25) is 0 Å². The summed E-state index contributed by atoms with van der Waals surface area (Å²) in [6.45, 7) is -0.263. The van der Waals surface area contributed by atoms with Crippen molar-refractivity contribution in [1.82, 2.24) is 0 Å². The molecular formula is C20H15FINO6. The average molecular weight is 511 g/mol. The van der Waals surface area contributed by atoms with Gasteiger partial charge < -0.3 is 18.9 Å². The zero-order valence-electron chi connectivity index (χ0n) is 15.4. The number of cyclic esters (lactones) is 1. The second kappa shape index (κ2) is 9.03. The van der Waals surface area contributed by atoms with Crippen LogP contribution in [-0.4, -0.2) is 38.7 Å². The first-order valence-corrected chi connectivity index (χ1v) is 9.34. The Morgan fingerprint density at radius 1 is 1.24 bits per heavy atom. The highest BCUT2D eigenvalue weighted by atomic mass is 127. The second-order valence-corrected chi connectivity index (χ2v) is 6.90. The highest BCUT2D eigenvalue weighted by molar-refractivity contribution is 14.1. The van der Waals surface area contributed by atoms with E-state index in [-0.39, 0.29) is 18.2 Å². The fraction of sp³-hybridized carbons (Fsp3) is 0.150. The van der Waals surface area contributed by atoms with Crippen LogP contribution in [-0.2, 0) is 19.1 Å². The number of methoxy groups -OCH3 is 2. The Kier molecular flexibility index (Phi) is 6.47. The van der Waals surface area contributed by atoms with Crippen molar-refractivity contribution in [2.24, 2.45) is 4.99 Å². The molecule has 1 aliphatic heterocycles. The van der Waals surface area contributed by atoms with E-state index in [9.17, 15) is 14.0 Å². The molecule has 0 aliphatic carbocycles. The van der Waals surface area contributed by atoms with Crippen molar-refractivity contribution in [2.45, 2.75) is 0 Å². The van der Waals surface area contributed by atoms with Crippen LogP contribution in [0.3, 0.4) is 0 Å². The highest BCUT2D eigenvalue weighted by Gasteiger charge is 2.24. The summed E-state index contributed by atoms with van der Waals surface area (Å²) >= 11 is 2.03. The van der Waals surface area contributed by atoms with Crippen molar-refractivity contribution in [3.63, 3.8) is 0 Å². The van der Waals surface area contributed by atoms with E-state index in [1.807, 2.05) is 22.6 Å². The maximum atomic E-state index is 13.1. The number of rotatable bonds is 6. The molecule has 2 aromatic carbocycles. The molecule has 0 amide bonds. The number of aliphatic imine (C=N–C) groups is 1. The topological polar surface area (TPSA) is 83.4 Å². The molecule has 7 nitrogen and oxygen atoms in total. The van der Waals surface area contributed by atoms with Gasteiger partial charge in [0.05, 0.1) is 17.8 Å². The summed E-state index contributed by atoms with van der Waals surface area (Å²) in [6.07, 6.45) is 1.54. The molecule has 0 saturated heterocycles. The second-order valence-electron chi connectivity index (χ2n) is 5.74. The Morgan fingerprint density at radius 3 is 2.62 bits per heavy atom. The highest BCUT2D eigenvalue weighted by Crippen LogP contribution is 2.35. The Morgan fingerprint density at radius 2 is 1.97 bits per heavy atom. The lowest BCUT2D eigenvalue weighted by Gasteiger charge is -2.12. The lowest BCUT2D eigenvalue weighted by Crippen LogP contribution is -2.13. The molecule has 9 heteroatoms. The largest absolute Gasteiger partial charge is 0.493 e. The van der Waals surface area contributed by atoms with Gasteiger partial charge in [-0.05, 0) is 70.6 Å². The van der Waals surface area contributed by atoms with Gasteiger partial charge in [-0.3, -0.25) is 0 Å². The van der Waals surface area contributed by atoms with Crippen LogP contribution in [0.25, 0.3) is 6.08 Å². The summed E-state index contributed by atoms with van der Waals surface area (Å²) in [5.74, 6) is -0.687. The van der Waals surface area contributed by atoms with Crippen molar-refractivity contribution in [3.8, 4) is 11.5 Å². The predicted molar refractivity (Wildman–Crippen MR) is 110 cm³/mol. The van der Waals surface area contributed by atoms with Crippen LogP contribution < -0.4 is 9.47 Å². The van der Waals surface area contributed by atoms with Gasteiger partial charge in [-0.1, -0.05) is 0 Å². The molecule has 3 rings (SSSR count). The number of benzene rings is 2. The SMILES string of the molecule is COC(=O)COc1c(I)cc(/C=C2\N=C(c3ccc(F)cc3)OC2=O)cc1OC. The van der Waals surface area contributed by atoms with Gasteiger partial charge in [-0.2, -0.15) is 0 Å². The molecule has 1 heterocycles. The summed E-state index contributed by atoms with van der Waals surface area (Å²) in [4.78, 5) is 27.7. The molecule has 0 aromatic heterocycles. The smallest absolute Gasteiger partial charge is 0.363 e. The van der Waals surface area contributed by atoms with E-state index in [1.165, 1.54) is 44.6 Å². The van der Waals surface area contributed by atoms with E-state index in [0.29, 0.717) is 26.2 Å². The quantitative estimate of drug-likeness (QED) is 0.336. The van der Waals surface area contributed by atoms with Crippen LogP contribution in [0.15, 0.2) is 47.1 Å². The molecule has 0 N–H and O–H groups in total. The normalized spacial score (nSPS) is 14.4. The molecule has 0 saturated carbocycles. The van der Waals surface area contributed by atoms with Gasteiger partial charge in [-0.15, -0.1) is 0 Å². The third-order valence-corrected chi connectivity index (χ3v) is 4.63. The summed E-state index contributed by atoms with van der Waals surface area (Å²) in [6, 6.07) is 8.84. The molecule has 2 aromatic rings. The number of hydrogen-bond acceptors (Lipinski definition) is 7. The third-order valence-electron chi connectivity index (χ3n) is 3.83. The molecule has 0 fully saturated rings. The molecule has 0 radical (unpaired) electrons. The van der Waals surface area contributed by atoms with Crippen LogP contribution >= 0.6 is 22.6 Å². The minimum absolute atomic E-state index is 0.0883. The number of carbonyl (C=O) groups excluding carboxylic acids is 2. The number of ether oxygens (including phenoxy) is 4. The Labute approximate surface area is 179 Å². The van der Waals surface area contributed by atoms with Crippen molar-refractivity contribution in [2.75, 3.05) is 20.8 Å². The molecule has 29 heavy (non-hydrogen) atoms. The minimum Gasteiger partial charge on any atom is -0.493 e. The lowest BCUT2D eigenvalue weighted by atomic mass is 10.1. The van der Waals surface area contributed by atoms with E-state index in [0.717, 1.165) is 0 Å². The molecular weight excluding hydrogens is 496 g/mol. The van der Waals surface area contributed by atoms with E-state index in [2.05, 4.69) is 9.73 Å². The van der Waals surface area contributed by atoms with Crippen molar-refractivity contribution >= 4 is 46.5 Å². The maximum Gasteiger partial charge on any atom is 0.363 e. The fourth-order valence-electron chi connectivity index (χ4n) is 2.44. The van der Waals surface area contributed by atoms with Gasteiger partial charge in [-0.25, -0.2) is 19.0 Å². The molecule has 1 aliphatic rings. The zero-order chi connectivity index (χ0) is 21.0. The number of halogens is 2. The number of nitrogens with zero attached hydrogens (tertiary/aromatic N) is 1. The maximum absolute atomic E-state index is 13.1. The average Bonchev–Trinajstić information content (AvgIpc) is 3.07. The van der Waals surface area contributed by atoms with Crippen molar-refractivity contribution in [3.05, 3.63) is 62.6 Å². The third kappa shape index (κ3) is 4.91. The monoisotopic (exact) mass is 511 g/mol. The number of hydrogen-bond donors (Lipinski definition) is 0. The molecule has 0 spiro atoms. The zero-order valence-corrected chi connectivity index (χ0v) is 17.6. The standard InChI is InChI=1S/C20H15FINO6/c1-26-16-9-11(7-14(22)18(16)28-10-17(24)27-2)8-15-20(25)29-19(23-15)12-3-5-13(21)6-4-12/h3-9H,10H2,1-2H3/b15-8-. The Hall–Kier alpha value is -2.95. The van der Waals surface area contributed by atoms with Gasteiger partial charge in [0.25, 0.3) is 0 Å². The summed E-state index contributed by atoms with van der Waals surface area (Å²) in [5, 5.41) is 0. The van der Waals surface area contributed by atoms with Crippen molar-refractivity contribution < 1.29 is 32.9 Å². The van der Waals surface area contributed by atoms with Gasteiger partial charge >= 0.3 is 11.9 Å². The van der Waals surface area contributed by atoms with Crippen LogP contribution in [0.5, 0.6) is 11.5 Å². The Balaban J connectivity index is 1.89. The lowest BCUT2D eigenvalue weighted by molar-refractivity contribution is -0.143. The summed E-state index contributed by atoms with van der Waals surface area (Å²) < 4.78 is 34.2. The number of carbonyl (C=O) groups is 2. The first kappa shape index (κ1) is 20.8. The molecule has 0 bridgehead atoms. The van der Waals surface area contributed by atoms with E-state index < -0.39 is 17.8 Å². The van der Waals surface area contributed by atoms with E-state index in [4.69, 9.17) is 14.2 Å². The minimum atomic E-state index is -0.621. The first-order valence-electron chi connectivity index (χ1n) is 8.27. The molecule has 150 valence electrons. The molecule has 0 atom stereocenters. The van der Waals surface area contributed by atoms with Gasteiger partial charge in [0.2, 0.25) is 5.90 Å². The molecule has 0 unspecified atom stereocenters. The number of esters is 2.